The summed E-state index contributed by atoms with van der Waals surface area (Å²) in [5.41, 5.74) is -0.0287. The van der Waals surface area contributed by atoms with Gasteiger partial charge in [0, 0.05) is 6.07 Å². The van der Waals surface area contributed by atoms with Crippen molar-refractivity contribution in [3.8, 4) is 0 Å². The summed E-state index contributed by atoms with van der Waals surface area (Å²) in [6, 6.07) is 4.25. The summed E-state index contributed by atoms with van der Waals surface area (Å²) in [7, 11) is 0. The lowest BCUT2D eigenvalue weighted by atomic mass is 9.94. The smallest absolute Gasteiger partial charge is 0.281 e. The van der Waals surface area contributed by atoms with Crippen molar-refractivity contribution < 1.29 is 14.5 Å². The molecule has 1 aliphatic rings. The Morgan fingerprint density at radius 1 is 1.13 bits per heavy atom. The molecule has 0 aromatic heterocycles. The average molecular weight is 203 g/mol. The van der Waals surface area contributed by atoms with Gasteiger partial charge in [-0.2, -0.15) is 0 Å². The average Bonchev–Trinajstić information content (AvgIpc) is 2.23. The molecule has 1 aliphatic carbocycles. The van der Waals surface area contributed by atoms with E-state index < -0.39 is 16.5 Å². The van der Waals surface area contributed by atoms with E-state index in [1.54, 1.807) is 6.07 Å². The number of hydrogen-bond donors (Lipinski definition) is 0. The molecule has 0 saturated carbocycles. The highest BCUT2D eigenvalue weighted by Gasteiger charge is 2.28. The zero-order valence-electron chi connectivity index (χ0n) is 7.47. The van der Waals surface area contributed by atoms with E-state index in [9.17, 15) is 19.7 Å². The monoisotopic (exact) mass is 203 g/mol. The zero-order chi connectivity index (χ0) is 11.0. The highest BCUT2D eigenvalue weighted by Crippen LogP contribution is 2.26. The van der Waals surface area contributed by atoms with Crippen LogP contribution >= 0.6 is 0 Å². The summed E-state index contributed by atoms with van der Waals surface area (Å²) in [5, 5.41) is 10.6. The maximum atomic E-state index is 11.4. The van der Waals surface area contributed by atoms with Crippen LogP contribution in [0.5, 0.6) is 0 Å². The predicted octanol–water partition coefficient (Wildman–Crippen LogP) is 1.37. The van der Waals surface area contributed by atoms with Crippen molar-refractivity contribution in [1.29, 1.82) is 0 Å². The lowest BCUT2D eigenvalue weighted by Gasteiger charge is -2.07. The van der Waals surface area contributed by atoms with Crippen LogP contribution in [0.4, 0.5) is 5.69 Å². The van der Waals surface area contributed by atoms with Crippen molar-refractivity contribution in [2.45, 2.75) is 0 Å². The number of nitrogens with zero attached hydrogens (tertiary/aromatic N) is 1. The van der Waals surface area contributed by atoms with Gasteiger partial charge in [-0.1, -0.05) is 12.1 Å². The molecule has 0 aliphatic heterocycles. The third-order valence-electron chi connectivity index (χ3n) is 2.14. The van der Waals surface area contributed by atoms with Crippen molar-refractivity contribution in [1.82, 2.24) is 0 Å². The molecule has 0 bridgehead atoms. The quantitative estimate of drug-likeness (QED) is 0.392. The Bertz CT molecular complexity index is 516. The number of nitro benzene ring substituents is 1. The van der Waals surface area contributed by atoms with Gasteiger partial charge >= 0.3 is 0 Å². The van der Waals surface area contributed by atoms with E-state index in [1.165, 1.54) is 18.2 Å². The zero-order valence-corrected chi connectivity index (χ0v) is 7.47. The van der Waals surface area contributed by atoms with Crippen LogP contribution in [-0.4, -0.2) is 16.5 Å². The normalized spacial score (nSPS) is 13.9. The number of fused-ring (bicyclic) bond motifs is 1. The lowest BCUT2D eigenvalue weighted by Crippen LogP contribution is -2.17. The van der Waals surface area contributed by atoms with Gasteiger partial charge in [-0.3, -0.25) is 19.7 Å². The van der Waals surface area contributed by atoms with E-state index in [-0.39, 0.29) is 11.3 Å². The van der Waals surface area contributed by atoms with Crippen molar-refractivity contribution in [2.75, 3.05) is 0 Å². The Morgan fingerprint density at radius 2 is 1.87 bits per heavy atom. The number of carbonyl (C=O) groups excluding carboxylic acids is 2. The minimum Gasteiger partial charge on any atom is -0.286 e. The van der Waals surface area contributed by atoms with Gasteiger partial charge < -0.3 is 0 Å². The third kappa shape index (κ3) is 1.34. The molecule has 0 spiro atoms. The molecule has 0 heterocycles. The van der Waals surface area contributed by atoms with Gasteiger partial charge in [-0.15, -0.1) is 0 Å². The molecule has 2 rings (SSSR count). The Balaban J connectivity index is 2.75. The largest absolute Gasteiger partial charge is 0.286 e. The van der Waals surface area contributed by atoms with E-state index in [4.69, 9.17) is 0 Å². The Labute approximate surface area is 84.2 Å². The second-order valence-corrected chi connectivity index (χ2v) is 3.03. The molecule has 0 saturated heterocycles. The molecule has 0 N–H and O–H groups in total. The van der Waals surface area contributed by atoms with Crippen molar-refractivity contribution in [3.05, 3.63) is 45.5 Å². The van der Waals surface area contributed by atoms with Crippen LogP contribution in [0, 0.1) is 10.1 Å². The second-order valence-electron chi connectivity index (χ2n) is 3.03. The lowest BCUT2D eigenvalue weighted by molar-refractivity contribution is -0.385. The molecule has 74 valence electrons. The van der Waals surface area contributed by atoms with Gasteiger partial charge in [-0.05, 0) is 17.7 Å². The number of rotatable bonds is 1. The topological polar surface area (TPSA) is 77.3 Å². The summed E-state index contributed by atoms with van der Waals surface area (Å²) >= 11 is 0. The number of Topliss-reactive ketones (excluding diaryl/α,β-unsaturated/α-hetero) is 1. The van der Waals surface area contributed by atoms with E-state index in [0.29, 0.717) is 5.56 Å². The number of allylic oxidation sites excluding steroid dienone is 1. The first-order valence-electron chi connectivity index (χ1n) is 4.15. The summed E-state index contributed by atoms with van der Waals surface area (Å²) in [6.45, 7) is 0. The Hall–Kier alpha value is -2.30. The summed E-state index contributed by atoms with van der Waals surface area (Å²) in [4.78, 5) is 32.5. The number of ketones is 2. The minimum atomic E-state index is -0.820. The van der Waals surface area contributed by atoms with Crippen LogP contribution in [0.1, 0.15) is 15.9 Å². The van der Waals surface area contributed by atoms with Crippen LogP contribution in [0.3, 0.4) is 0 Å². The molecular formula is C10H5NO4. The van der Waals surface area contributed by atoms with E-state index >= 15 is 0 Å². The van der Waals surface area contributed by atoms with Crippen LogP contribution in [-0.2, 0) is 4.79 Å². The second kappa shape index (κ2) is 3.13. The van der Waals surface area contributed by atoms with E-state index in [1.807, 2.05) is 0 Å². The number of hydrogen-bond acceptors (Lipinski definition) is 4. The first-order chi connectivity index (χ1) is 7.11. The maximum absolute atomic E-state index is 11.4. The van der Waals surface area contributed by atoms with E-state index in [0.717, 1.165) is 6.08 Å². The summed E-state index contributed by atoms with van der Waals surface area (Å²) in [5.74, 6) is -1.54. The molecule has 5 heteroatoms. The molecule has 5 nitrogen and oxygen atoms in total. The molecular weight excluding hydrogens is 198 g/mol. The van der Waals surface area contributed by atoms with Crippen molar-refractivity contribution in [3.63, 3.8) is 0 Å². The van der Waals surface area contributed by atoms with Crippen LogP contribution in [0.25, 0.3) is 6.08 Å². The third-order valence-corrected chi connectivity index (χ3v) is 2.14. The van der Waals surface area contributed by atoms with Gasteiger partial charge in [-0.25, -0.2) is 0 Å². The molecule has 0 amide bonds. The Morgan fingerprint density at radius 3 is 2.53 bits per heavy atom. The van der Waals surface area contributed by atoms with Crippen molar-refractivity contribution >= 4 is 23.3 Å². The highest BCUT2D eigenvalue weighted by atomic mass is 16.6. The minimum absolute atomic E-state index is 0.116. The van der Waals surface area contributed by atoms with Gasteiger partial charge in [0.1, 0.15) is 5.56 Å². The van der Waals surface area contributed by atoms with E-state index in [2.05, 4.69) is 0 Å². The molecule has 15 heavy (non-hydrogen) atoms. The van der Waals surface area contributed by atoms with Gasteiger partial charge in [0.2, 0.25) is 11.6 Å². The first-order valence-corrected chi connectivity index (χ1v) is 4.15. The van der Waals surface area contributed by atoms with Gasteiger partial charge in [0.05, 0.1) is 4.92 Å². The molecule has 1 aromatic carbocycles. The summed E-state index contributed by atoms with van der Waals surface area (Å²) in [6.07, 6.45) is 2.53. The van der Waals surface area contributed by atoms with Crippen LogP contribution < -0.4 is 0 Å². The Kier molecular flexibility index (Phi) is 1.93. The molecule has 0 unspecified atom stereocenters. The highest BCUT2D eigenvalue weighted by molar-refractivity contribution is 6.50. The van der Waals surface area contributed by atoms with Crippen LogP contribution in [0.2, 0.25) is 0 Å². The van der Waals surface area contributed by atoms with Gasteiger partial charge in [0.15, 0.2) is 0 Å². The molecule has 1 aromatic rings. The molecule has 0 fully saturated rings. The standard InChI is InChI=1S/C10H5NO4/c12-8-5-4-6-2-1-3-7(11(14)15)9(6)10(8)13/h1-5H. The fourth-order valence-electron chi connectivity index (χ4n) is 1.46. The van der Waals surface area contributed by atoms with Crippen molar-refractivity contribution in [2.24, 2.45) is 0 Å². The molecule has 0 radical (unpaired) electrons. The number of benzene rings is 1. The SMILES string of the molecule is O=C1C=Cc2cccc([N+](=O)[O-])c2C1=O. The fraction of sp³-hybridized carbons (Fsp3) is 0. The summed E-state index contributed by atoms with van der Waals surface area (Å²) < 4.78 is 0. The fourth-order valence-corrected chi connectivity index (χ4v) is 1.46. The first kappa shape index (κ1) is 9.26. The number of carbonyl (C=O) groups is 2. The predicted molar refractivity (Wildman–Crippen MR) is 51.5 cm³/mol. The maximum Gasteiger partial charge on any atom is 0.281 e. The van der Waals surface area contributed by atoms with Gasteiger partial charge in [0.25, 0.3) is 5.69 Å². The van der Waals surface area contributed by atoms with Crippen LogP contribution in [0.15, 0.2) is 24.3 Å². The molecule has 0 atom stereocenters. The number of nitro groups is 1.